The van der Waals surface area contributed by atoms with E-state index in [2.05, 4.69) is 24.1 Å². The van der Waals surface area contributed by atoms with Crippen LogP contribution in [0.1, 0.15) is 34.6 Å². The molecule has 0 aliphatic carbocycles. The molecular weight excluding hydrogens is 416 g/mol. The maximum atomic E-state index is 12.6. The Balaban J connectivity index is 1.68. The normalized spacial score (nSPS) is 12.8. The zero-order chi connectivity index (χ0) is 23.3. The van der Waals surface area contributed by atoms with E-state index in [-0.39, 0.29) is 11.1 Å². The number of nitro groups is 1. The van der Waals surface area contributed by atoms with Gasteiger partial charge in [-0.2, -0.15) is 0 Å². The van der Waals surface area contributed by atoms with Crippen molar-refractivity contribution in [2.45, 2.75) is 13.8 Å². The SMILES string of the molecule is CCN(CC)CCOc1ccccc1NC(=O)CN1C(=O)c2cccc([N+](=O)[O-])c2C1=O. The maximum absolute atomic E-state index is 12.6. The minimum atomic E-state index is -0.865. The summed E-state index contributed by atoms with van der Waals surface area (Å²) in [4.78, 5) is 51.2. The van der Waals surface area contributed by atoms with Crippen molar-refractivity contribution in [1.29, 1.82) is 0 Å². The van der Waals surface area contributed by atoms with Crippen LogP contribution in [-0.4, -0.2) is 65.2 Å². The first-order chi connectivity index (χ1) is 15.4. The highest BCUT2D eigenvalue weighted by molar-refractivity contribution is 6.24. The van der Waals surface area contributed by atoms with Gasteiger partial charge >= 0.3 is 0 Å². The van der Waals surface area contributed by atoms with Crippen molar-refractivity contribution in [3.8, 4) is 5.75 Å². The molecule has 0 aromatic heterocycles. The van der Waals surface area contributed by atoms with Gasteiger partial charge < -0.3 is 15.0 Å². The number of hydrogen-bond donors (Lipinski definition) is 1. The summed E-state index contributed by atoms with van der Waals surface area (Å²) in [6.07, 6.45) is 0. The van der Waals surface area contributed by atoms with Gasteiger partial charge in [-0.3, -0.25) is 29.4 Å². The molecule has 32 heavy (non-hydrogen) atoms. The molecule has 168 valence electrons. The van der Waals surface area contributed by atoms with Crippen molar-refractivity contribution in [3.63, 3.8) is 0 Å². The number of nitrogens with zero attached hydrogens (tertiary/aromatic N) is 3. The first-order valence-electron chi connectivity index (χ1n) is 10.2. The van der Waals surface area contributed by atoms with E-state index in [1.807, 2.05) is 0 Å². The van der Waals surface area contributed by atoms with Crippen LogP contribution in [0.5, 0.6) is 5.75 Å². The number of anilines is 1. The summed E-state index contributed by atoms with van der Waals surface area (Å²) in [7, 11) is 0. The number of hydrogen-bond acceptors (Lipinski definition) is 7. The molecule has 0 radical (unpaired) electrons. The van der Waals surface area contributed by atoms with Gasteiger partial charge in [-0.1, -0.05) is 32.0 Å². The van der Waals surface area contributed by atoms with Gasteiger partial charge in [0.2, 0.25) is 5.91 Å². The van der Waals surface area contributed by atoms with Crippen LogP contribution < -0.4 is 10.1 Å². The highest BCUT2D eigenvalue weighted by Crippen LogP contribution is 2.31. The third-order valence-electron chi connectivity index (χ3n) is 5.20. The minimum Gasteiger partial charge on any atom is -0.490 e. The van der Waals surface area contributed by atoms with Gasteiger partial charge in [0.25, 0.3) is 17.5 Å². The monoisotopic (exact) mass is 440 g/mol. The Bertz CT molecular complexity index is 1050. The number of ether oxygens (including phenoxy) is 1. The molecule has 0 unspecified atom stereocenters. The Morgan fingerprint density at radius 3 is 2.50 bits per heavy atom. The molecular formula is C22H24N4O6. The minimum absolute atomic E-state index is 0.0860. The Kier molecular flexibility index (Phi) is 7.16. The van der Waals surface area contributed by atoms with E-state index in [0.29, 0.717) is 22.9 Å². The van der Waals surface area contributed by atoms with E-state index < -0.39 is 34.9 Å². The fourth-order valence-corrected chi connectivity index (χ4v) is 3.47. The number of nitro benzene ring substituents is 1. The number of nitrogens with one attached hydrogen (secondary N) is 1. The van der Waals surface area contributed by atoms with Crippen molar-refractivity contribution in [3.05, 3.63) is 63.7 Å². The maximum Gasteiger partial charge on any atom is 0.282 e. The predicted octanol–water partition coefficient (Wildman–Crippen LogP) is 2.55. The second kappa shape index (κ2) is 10.0. The molecule has 1 N–H and O–H groups in total. The van der Waals surface area contributed by atoms with Crippen LogP contribution in [-0.2, 0) is 4.79 Å². The molecule has 1 heterocycles. The van der Waals surface area contributed by atoms with E-state index >= 15 is 0 Å². The summed E-state index contributed by atoms with van der Waals surface area (Å²) < 4.78 is 5.80. The molecule has 0 fully saturated rings. The summed E-state index contributed by atoms with van der Waals surface area (Å²) in [5.41, 5.74) is -0.442. The molecule has 3 rings (SSSR count). The topological polar surface area (TPSA) is 122 Å². The quantitative estimate of drug-likeness (QED) is 0.342. The van der Waals surface area contributed by atoms with Crippen LogP contribution in [0.2, 0.25) is 0 Å². The molecule has 2 aromatic rings. The lowest BCUT2D eigenvalue weighted by atomic mass is 10.1. The first-order valence-corrected chi connectivity index (χ1v) is 10.2. The van der Waals surface area contributed by atoms with Gasteiger partial charge in [-0.15, -0.1) is 0 Å². The van der Waals surface area contributed by atoms with E-state index in [0.717, 1.165) is 25.7 Å². The molecule has 0 bridgehead atoms. The molecule has 2 aromatic carbocycles. The Morgan fingerprint density at radius 2 is 1.81 bits per heavy atom. The highest BCUT2D eigenvalue weighted by Gasteiger charge is 2.41. The first kappa shape index (κ1) is 22.9. The Labute approximate surface area is 184 Å². The standard InChI is InChI=1S/C22H24N4O6/c1-3-24(4-2)12-13-32-18-11-6-5-9-16(18)23-19(27)14-25-21(28)15-8-7-10-17(26(30)31)20(15)22(25)29/h5-11H,3-4,12-14H2,1-2H3,(H,23,27). The Hall–Kier alpha value is -3.79. The third-order valence-corrected chi connectivity index (χ3v) is 5.20. The largest absolute Gasteiger partial charge is 0.490 e. The number of carbonyl (C=O) groups excluding carboxylic acids is 3. The molecule has 1 aliphatic heterocycles. The molecule has 0 saturated carbocycles. The van der Waals surface area contributed by atoms with E-state index in [1.54, 1.807) is 24.3 Å². The molecule has 0 atom stereocenters. The molecule has 1 aliphatic rings. The summed E-state index contributed by atoms with van der Waals surface area (Å²) in [6.45, 7) is 6.50. The van der Waals surface area contributed by atoms with Crippen LogP contribution in [0.3, 0.4) is 0 Å². The zero-order valence-electron chi connectivity index (χ0n) is 17.9. The Morgan fingerprint density at radius 1 is 1.09 bits per heavy atom. The number of benzene rings is 2. The number of carbonyl (C=O) groups is 3. The number of likely N-dealkylation sites (N-methyl/N-ethyl adjacent to an activating group) is 1. The fraction of sp³-hybridized carbons (Fsp3) is 0.318. The van der Waals surface area contributed by atoms with Gasteiger partial charge in [0.05, 0.1) is 16.2 Å². The summed E-state index contributed by atoms with van der Waals surface area (Å²) >= 11 is 0. The van der Waals surface area contributed by atoms with Crippen LogP contribution >= 0.6 is 0 Å². The lowest BCUT2D eigenvalue weighted by Crippen LogP contribution is -2.37. The van der Waals surface area contributed by atoms with E-state index in [9.17, 15) is 24.5 Å². The number of amides is 3. The lowest BCUT2D eigenvalue weighted by molar-refractivity contribution is -0.385. The smallest absolute Gasteiger partial charge is 0.282 e. The summed E-state index contributed by atoms with van der Waals surface area (Å²) in [5, 5.41) is 13.9. The molecule has 10 nitrogen and oxygen atoms in total. The fourth-order valence-electron chi connectivity index (χ4n) is 3.47. The van der Waals surface area contributed by atoms with Gasteiger partial charge in [0.15, 0.2) is 0 Å². The lowest BCUT2D eigenvalue weighted by Gasteiger charge is -2.19. The van der Waals surface area contributed by atoms with Crippen LogP contribution in [0, 0.1) is 10.1 Å². The number of para-hydroxylation sites is 2. The van der Waals surface area contributed by atoms with Crippen LogP contribution in [0.4, 0.5) is 11.4 Å². The van der Waals surface area contributed by atoms with Crippen molar-refractivity contribution < 1.29 is 24.0 Å². The van der Waals surface area contributed by atoms with Crippen molar-refractivity contribution in [1.82, 2.24) is 9.80 Å². The van der Waals surface area contributed by atoms with Gasteiger partial charge in [0, 0.05) is 12.6 Å². The van der Waals surface area contributed by atoms with Crippen LogP contribution in [0.25, 0.3) is 0 Å². The predicted molar refractivity (Wildman–Crippen MR) is 117 cm³/mol. The third kappa shape index (κ3) is 4.75. The van der Waals surface area contributed by atoms with Gasteiger partial charge in [-0.25, -0.2) is 0 Å². The molecule has 0 spiro atoms. The van der Waals surface area contributed by atoms with Crippen LogP contribution in [0.15, 0.2) is 42.5 Å². The number of imide groups is 1. The van der Waals surface area contributed by atoms with Gasteiger partial charge in [0.1, 0.15) is 24.5 Å². The van der Waals surface area contributed by atoms with Crippen molar-refractivity contribution in [2.75, 3.05) is 38.1 Å². The van der Waals surface area contributed by atoms with E-state index in [1.165, 1.54) is 12.1 Å². The zero-order valence-corrected chi connectivity index (χ0v) is 17.9. The van der Waals surface area contributed by atoms with Gasteiger partial charge in [-0.05, 0) is 31.3 Å². The number of fused-ring (bicyclic) bond motifs is 1. The van der Waals surface area contributed by atoms with Crippen molar-refractivity contribution >= 4 is 29.1 Å². The molecule has 10 heteroatoms. The number of rotatable bonds is 10. The highest BCUT2D eigenvalue weighted by atomic mass is 16.6. The second-order valence-electron chi connectivity index (χ2n) is 7.07. The second-order valence-corrected chi connectivity index (χ2v) is 7.07. The molecule has 0 saturated heterocycles. The average molecular weight is 440 g/mol. The average Bonchev–Trinajstić information content (AvgIpc) is 3.02. The van der Waals surface area contributed by atoms with Crippen molar-refractivity contribution in [2.24, 2.45) is 0 Å². The summed E-state index contributed by atoms with van der Waals surface area (Å²) in [5.74, 6) is -1.77. The summed E-state index contributed by atoms with van der Waals surface area (Å²) in [6, 6.07) is 10.7. The molecule has 3 amide bonds. The van der Waals surface area contributed by atoms with E-state index in [4.69, 9.17) is 4.74 Å².